The average molecular weight is 494 g/mol. The summed E-state index contributed by atoms with van der Waals surface area (Å²) in [5.41, 5.74) is -0.274. The van der Waals surface area contributed by atoms with Gasteiger partial charge in [-0.25, -0.2) is 4.39 Å². The third-order valence-corrected chi connectivity index (χ3v) is 5.83. The first-order valence-corrected chi connectivity index (χ1v) is 10.1. The molecule has 11 heteroatoms. The zero-order valence-electron chi connectivity index (χ0n) is 18.4. The maximum atomic E-state index is 14.9. The van der Waals surface area contributed by atoms with E-state index in [1.807, 2.05) is 4.90 Å². The summed E-state index contributed by atoms with van der Waals surface area (Å²) in [5.74, 6) is -3.19. The molecule has 2 aliphatic rings. The predicted molar refractivity (Wildman–Crippen MR) is 104 cm³/mol. The number of hydrogen-bond donors (Lipinski definition) is 0. The van der Waals surface area contributed by atoms with Crippen LogP contribution in [0.5, 0.6) is 0 Å². The minimum Gasteiger partial charge on any atom is -0.550 e. The number of pyridine rings is 1. The second-order valence-electron chi connectivity index (χ2n) is 7.92. The van der Waals surface area contributed by atoms with Crippen LogP contribution in [-0.2, 0) is 4.79 Å². The van der Waals surface area contributed by atoms with E-state index in [9.17, 15) is 29.0 Å². The van der Waals surface area contributed by atoms with Gasteiger partial charge in [-0.1, -0.05) is 0 Å². The number of aromatic nitrogens is 1. The summed E-state index contributed by atoms with van der Waals surface area (Å²) < 4.78 is 16.7. The van der Waals surface area contributed by atoms with Gasteiger partial charge in [0.25, 0.3) is 0 Å². The van der Waals surface area contributed by atoms with E-state index in [1.54, 1.807) is 10.6 Å². The Kier molecular flexibility index (Phi) is 11.0. The molecule has 0 radical (unpaired) electrons. The van der Waals surface area contributed by atoms with Crippen molar-refractivity contribution in [2.24, 2.45) is 0 Å². The molecule has 0 unspecified atom stereocenters. The minimum atomic E-state index is -1.56. The summed E-state index contributed by atoms with van der Waals surface area (Å²) in [7, 11) is 0. The molecule has 1 aromatic carbocycles. The van der Waals surface area contributed by atoms with E-state index in [-0.39, 0.29) is 121 Å². The minimum absolute atomic E-state index is 0. The van der Waals surface area contributed by atoms with Crippen LogP contribution in [0.2, 0.25) is 0 Å². The number of aromatic carboxylic acids is 1. The van der Waals surface area contributed by atoms with Gasteiger partial charge in [0, 0.05) is 49.8 Å². The molecule has 1 aliphatic heterocycles. The second-order valence-corrected chi connectivity index (χ2v) is 7.92. The number of nitrogens with zero attached hydrogens (tertiary/aromatic N) is 3. The number of rotatable bonds is 7. The van der Waals surface area contributed by atoms with E-state index in [1.165, 1.54) is 6.20 Å². The number of hydrogen-bond acceptors (Lipinski definition) is 7. The summed E-state index contributed by atoms with van der Waals surface area (Å²) in [5, 5.41) is 21.9. The molecular weight excluding hydrogens is 471 g/mol. The molecule has 4 rings (SSSR count). The standard InChI is InChI=1S/C21H24FN3O5.2K/c22-16-10-14-17(25(13-3-4-13)12-15(20(14)28)21(29)30)11-18(16)24-8-6-23(7-9-24)5-1-2-19(26)27;;/h10-13H,1-9H2,(H,26,27)(H,29,30);;/q;2*+1/p-2. The molecule has 1 aliphatic carbocycles. The van der Waals surface area contributed by atoms with Crippen LogP contribution in [0.25, 0.3) is 10.9 Å². The summed E-state index contributed by atoms with van der Waals surface area (Å²) in [4.78, 5) is 38.4. The Balaban J connectivity index is 0.00000181. The third-order valence-electron chi connectivity index (χ3n) is 5.83. The number of carbonyl (C=O) groups excluding carboxylic acids is 2. The van der Waals surface area contributed by atoms with E-state index in [0.717, 1.165) is 18.9 Å². The third kappa shape index (κ3) is 6.51. The van der Waals surface area contributed by atoms with Crippen molar-refractivity contribution in [1.29, 1.82) is 0 Å². The summed E-state index contributed by atoms with van der Waals surface area (Å²) in [6, 6.07) is 2.87. The number of benzene rings is 1. The van der Waals surface area contributed by atoms with Crippen molar-refractivity contribution >= 4 is 28.5 Å². The average Bonchev–Trinajstić information content (AvgIpc) is 3.53. The van der Waals surface area contributed by atoms with E-state index in [4.69, 9.17) is 0 Å². The first-order chi connectivity index (χ1) is 14.3. The second kappa shape index (κ2) is 12.3. The predicted octanol–water partition coefficient (Wildman–Crippen LogP) is -6.50. The summed E-state index contributed by atoms with van der Waals surface area (Å²) >= 11 is 0. The molecule has 2 aromatic rings. The van der Waals surface area contributed by atoms with E-state index >= 15 is 0 Å². The molecule has 0 amide bonds. The van der Waals surface area contributed by atoms with Crippen molar-refractivity contribution < 1.29 is 127 Å². The Hall–Kier alpha value is 0.333. The van der Waals surface area contributed by atoms with E-state index in [0.29, 0.717) is 50.3 Å². The summed E-state index contributed by atoms with van der Waals surface area (Å²) in [6.07, 6.45) is 3.60. The van der Waals surface area contributed by atoms with Crippen molar-refractivity contribution in [3.63, 3.8) is 0 Å². The maximum Gasteiger partial charge on any atom is 1.00 e. The monoisotopic (exact) mass is 493 g/mol. The van der Waals surface area contributed by atoms with Crippen LogP contribution in [-0.4, -0.2) is 54.1 Å². The Labute approximate surface area is 270 Å². The molecule has 0 bridgehead atoms. The molecule has 2 heterocycles. The van der Waals surface area contributed by atoms with E-state index in [2.05, 4.69) is 4.90 Å². The zero-order valence-corrected chi connectivity index (χ0v) is 24.7. The number of carbonyl (C=O) groups is 2. The number of halogens is 1. The summed E-state index contributed by atoms with van der Waals surface area (Å²) in [6.45, 7) is 3.12. The van der Waals surface area contributed by atoms with Gasteiger partial charge < -0.3 is 29.3 Å². The molecule has 32 heavy (non-hydrogen) atoms. The number of piperazine rings is 1. The molecule has 2 fully saturated rings. The van der Waals surface area contributed by atoms with Crippen LogP contribution < -0.4 is 123 Å². The Morgan fingerprint density at radius 2 is 1.72 bits per heavy atom. The van der Waals surface area contributed by atoms with Gasteiger partial charge in [0.15, 0.2) is 5.43 Å². The molecular formula is C21H22FK2N3O5. The van der Waals surface area contributed by atoms with Crippen LogP contribution in [0.4, 0.5) is 10.1 Å². The SMILES string of the molecule is O=C([O-])CCCN1CCN(c2cc3c(cc2F)c(=O)c(C(=O)[O-])cn3C2CC2)CC1.[K+].[K+]. The van der Waals surface area contributed by atoms with Crippen LogP contribution in [0, 0.1) is 5.82 Å². The topological polar surface area (TPSA) is 109 Å². The van der Waals surface area contributed by atoms with Gasteiger partial charge in [-0.3, -0.25) is 9.69 Å². The molecule has 0 spiro atoms. The van der Waals surface area contributed by atoms with Crippen molar-refractivity contribution in [1.82, 2.24) is 9.47 Å². The van der Waals surface area contributed by atoms with Crippen LogP contribution in [0.15, 0.2) is 23.1 Å². The van der Waals surface area contributed by atoms with Gasteiger partial charge in [-0.05, 0) is 44.4 Å². The fourth-order valence-corrected chi connectivity index (χ4v) is 4.06. The number of fused-ring (bicyclic) bond motifs is 1. The number of aliphatic carboxylic acids is 1. The quantitative estimate of drug-likeness (QED) is 0.353. The Bertz CT molecular complexity index is 1070. The van der Waals surface area contributed by atoms with Crippen LogP contribution >= 0.6 is 0 Å². The van der Waals surface area contributed by atoms with Gasteiger partial charge in [0.2, 0.25) is 0 Å². The molecule has 8 nitrogen and oxygen atoms in total. The Morgan fingerprint density at radius 3 is 2.28 bits per heavy atom. The van der Waals surface area contributed by atoms with Crippen molar-refractivity contribution in [2.45, 2.75) is 31.7 Å². The van der Waals surface area contributed by atoms with Crippen LogP contribution in [0.3, 0.4) is 0 Å². The van der Waals surface area contributed by atoms with Crippen molar-refractivity contribution in [2.75, 3.05) is 37.6 Å². The van der Waals surface area contributed by atoms with Gasteiger partial charge in [0.05, 0.1) is 22.7 Å². The first kappa shape index (κ1) is 28.6. The van der Waals surface area contributed by atoms with Crippen molar-refractivity contribution in [3.8, 4) is 0 Å². The number of carboxylic acid groups (broad SMARTS) is 2. The van der Waals surface area contributed by atoms with E-state index < -0.39 is 28.7 Å². The molecule has 0 N–H and O–H groups in total. The maximum absolute atomic E-state index is 14.9. The van der Waals surface area contributed by atoms with Crippen molar-refractivity contribution in [3.05, 3.63) is 39.9 Å². The molecule has 0 atom stereocenters. The number of anilines is 1. The molecule has 160 valence electrons. The fraction of sp³-hybridized carbons (Fsp3) is 0.476. The fourth-order valence-electron chi connectivity index (χ4n) is 4.06. The van der Waals surface area contributed by atoms with Gasteiger partial charge >= 0.3 is 103 Å². The number of carboxylic acids is 2. The van der Waals surface area contributed by atoms with Gasteiger partial charge in [0.1, 0.15) is 5.82 Å². The van der Waals surface area contributed by atoms with Gasteiger partial charge in [-0.2, -0.15) is 0 Å². The van der Waals surface area contributed by atoms with Gasteiger partial charge in [-0.15, -0.1) is 0 Å². The normalized spacial score (nSPS) is 16.3. The molecule has 1 saturated heterocycles. The molecule has 1 aromatic heterocycles. The first-order valence-electron chi connectivity index (χ1n) is 10.1. The Morgan fingerprint density at radius 1 is 1.06 bits per heavy atom. The molecule has 1 saturated carbocycles. The zero-order chi connectivity index (χ0) is 21.4. The van der Waals surface area contributed by atoms with Crippen LogP contribution in [0.1, 0.15) is 42.1 Å². The smallest absolute Gasteiger partial charge is 0.550 e. The largest absolute Gasteiger partial charge is 1.00 e.